The lowest BCUT2D eigenvalue weighted by atomic mass is 10.0. The molecule has 2 heterocycles. The number of fused-ring (bicyclic) bond motifs is 1. The predicted molar refractivity (Wildman–Crippen MR) is 115 cm³/mol. The highest BCUT2D eigenvalue weighted by molar-refractivity contribution is 5.83. The average molecular weight is 371 g/mol. The van der Waals surface area contributed by atoms with Crippen molar-refractivity contribution in [1.29, 1.82) is 0 Å². The van der Waals surface area contributed by atoms with Gasteiger partial charge < -0.3 is 15.0 Å². The molecular weight excluding hydrogens is 346 g/mol. The van der Waals surface area contributed by atoms with Crippen LogP contribution in [-0.2, 0) is 12.8 Å². The molecule has 142 valence electrons. The van der Waals surface area contributed by atoms with Gasteiger partial charge in [-0.2, -0.15) is 0 Å². The molecular formula is C24H25N3O. The Bertz CT molecular complexity index is 1040. The second-order valence-corrected chi connectivity index (χ2v) is 6.83. The van der Waals surface area contributed by atoms with E-state index in [4.69, 9.17) is 4.74 Å². The van der Waals surface area contributed by atoms with Crippen LogP contribution in [0.5, 0.6) is 5.75 Å². The Balaban J connectivity index is 1.44. The first-order valence-corrected chi connectivity index (χ1v) is 9.81. The van der Waals surface area contributed by atoms with Gasteiger partial charge in [0, 0.05) is 46.9 Å². The third-order valence-electron chi connectivity index (χ3n) is 4.90. The number of nitrogens with one attached hydrogen (secondary N) is 2. The zero-order valence-corrected chi connectivity index (χ0v) is 16.1. The second-order valence-electron chi connectivity index (χ2n) is 6.83. The summed E-state index contributed by atoms with van der Waals surface area (Å²) in [6, 6.07) is 18.8. The standard InChI is InChI=1S/C24H25N3O/c1-2-28-24-16-21(27-20-12-14-25-15-13-20)11-10-18(24)6-5-7-19-17-26-23-9-4-3-8-22(19)23/h3-4,8-17,26H,2,5-7H2,1H3,(H,25,27). The van der Waals surface area contributed by atoms with Crippen molar-refractivity contribution in [2.75, 3.05) is 11.9 Å². The molecule has 0 saturated carbocycles. The van der Waals surface area contributed by atoms with Crippen LogP contribution in [0.25, 0.3) is 10.9 Å². The van der Waals surface area contributed by atoms with Crippen LogP contribution >= 0.6 is 0 Å². The number of para-hydroxylation sites is 1. The van der Waals surface area contributed by atoms with E-state index in [1.165, 1.54) is 22.0 Å². The molecule has 0 radical (unpaired) electrons. The maximum Gasteiger partial charge on any atom is 0.124 e. The molecule has 0 aliphatic carbocycles. The number of aromatic amines is 1. The van der Waals surface area contributed by atoms with E-state index in [0.29, 0.717) is 6.61 Å². The predicted octanol–water partition coefficient (Wildman–Crippen LogP) is 5.88. The van der Waals surface area contributed by atoms with E-state index in [-0.39, 0.29) is 0 Å². The summed E-state index contributed by atoms with van der Waals surface area (Å²) in [4.78, 5) is 7.42. The van der Waals surface area contributed by atoms with Crippen LogP contribution in [0.2, 0.25) is 0 Å². The molecule has 0 unspecified atom stereocenters. The van der Waals surface area contributed by atoms with Crippen LogP contribution in [0.15, 0.2) is 73.2 Å². The van der Waals surface area contributed by atoms with Gasteiger partial charge in [-0.1, -0.05) is 24.3 Å². The van der Waals surface area contributed by atoms with E-state index in [9.17, 15) is 0 Å². The number of aromatic nitrogens is 2. The summed E-state index contributed by atoms with van der Waals surface area (Å²) in [5.41, 5.74) is 5.88. The Kier molecular flexibility index (Phi) is 5.57. The van der Waals surface area contributed by atoms with Crippen LogP contribution in [0.1, 0.15) is 24.5 Å². The molecule has 4 rings (SSSR count). The van der Waals surface area contributed by atoms with Crippen molar-refractivity contribution in [1.82, 2.24) is 9.97 Å². The van der Waals surface area contributed by atoms with Crippen molar-refractivity contribution in [2.45, 2.75) is 26.2 Å². The smallest absolute Gasteiger partial charge is 0.124 e. The van der Waals surface area contributed by atoms with Crippen LogP contribution in [0.4, 0.5) is 11.4 Å². The van der Waals surface area contributed by atoms with E-state index >= 15 is 0 Å². The maximum absolute atomic E-state index is 5.91. The van der Waals surface area contributed by atoms with Gasteiger partial charge in [0.05, 0.1) is 6.61 Å². The highest BCUT2D eigenvalue weighted by Crippen LogP contribution is 2.28. The lowest BCUT2D eigenvalue weighted by Gasteiger charge is -2.13. The molecule has 0 amide bonds. The van der Waals surface area contributed by atoms with Crippen molar-refractivity contribution in [2.24, 2.45) is 0 Å². The molecule has 2 aromatic heterocycles. The third kappa shape index (κ3) is 4.17. The number of pyridine rings is 1. The third-order valence-corrected chi connectivity index (χ3v) is 4.90. The lowest BCUT2D eigenvalue weighted by molar-refractivity contribution is 0.336. The minimum absolute atomic E-state index is 0.661. The fourth-order valence-corrected chi connectivity index (χ4v) is 3.54. The number of rotatable bonds is 8. The molecule has 2 aromatic carbocycles. The summed E-state index contributed by atoms with van der Waals surface area (Å²) in [5, 5.41) is 4.73. The van der Waals surface area contributed by atoms with E-state index < -0.39 is 0 Å². The molecule has 4 aromatic rings. The first-order chi connectivity index (χ1) is 13.8. The van der Waals surface area contributed by atoms with Crippen LogP contribution in [-0.4, -0.2) is 16.6 Å². The zero-order chi connectivity index (χ0) is 19.2. The largest absolute Gasteiger partial charge is 0.494 e. The summed E-state index contributed by atoms with van der Waals surface area (Å²) in [5.74, 6) is 0.959. The van der Waals surface area contributed by atoms with Gasteiger partial charge in [-0.3, -0.25) is 4.98 Å². The molecule has 0 atom stereocenters. The number of hydrogen-bond donors (Lipinski definition) is 2. The van der Waals surface area contributed by atoms with Gasteiger partial charge in [0.2, 0.25) is 0 Å². The van der Waals surface area contributed by atoms with Crippen molar-refractivity contribution in [3.63, 3.8) is 0 Å². The average Bonchev–Trinajstić information content (AvgIpc) is 3.14. The van der Waals surface area contributed by atoms with Crippen LogP contribution in [0.3, 0.4) is 0 Å². The highest BCUT2D eigenvalue weighted by atomic mass is 16.5. The Morgan fingerprint density at radius 2 is 1.75 bits per heavy atom. The molecule has 0 spiro atoms. The first-order valence-electron chi connectivity index (χ1n) is 9.81. The van der Waals surface area contributed by atoms with E-state index in [1.807, 2.05) is 19.1 Å². The summed E-state index contributed by atoms with van der Waals surface area (Å²) in [6.45, 7) is 2.69. The Morgan fingerprint density at radius 3 is 2.61 bits per heavy atom. The molecule has 4 nitrogen and oxygen atoms in total. The molecule has 0 aliphatic rings. The topological polar surface area (TPSA) is 49.9 Å². The van der Waals surface area contributed by atoms with Gasteiger partial charge in [0.25, 0.3) is 0 Å². The van der Waals surface area contributed by atoms with Gasteiger partial charge in [0.1, 0.15) is 5.75 Å². The SMILES string of the molecule is CCOc1cc(Nc2ccncc2)ccc1CCCc1c[nH]c2ccccc12. The minimum Gasteiger partial charge on any atom is -0.494 e. The van der Waals surface area contributed by atoms with Gasteiger partial charge in [-0.05, 0) is 61.6 Å². The van der Waals surface area contributed by atoms with Crippen molar-refractivity contribution in [3.8, 4) is 5.75 Å². The van der Waals surface area contributed by atoms with Gasteiger partial charge in [-0.25, -0.2) is 0 Å². The normalized spacial score (nSPS) is 10.9. The Labute approximate surface area is 165 Å². The van der Waals surface area contributed by atoms with E-state index in [1.54, 1.807) is 12.4 Å². The summed E-state index contributed by atoms with van der Waals surface area (Å²) in [6.07, 6.45) is 8.82. The molecule has 28 heavy (non-hydrogen) atoms. The fraction of sp³-hybridized carbons (Fsp3) is 0.208. The van der Waals surface area contributed by atoms with E-state index in [2.05, 4.69) is 63.9 Å². The second kappa shape index (κ2) is 8.61. The van der Waals surface area contributed by atoms with Gasteiger partial charge >= 0.3 is 0 Å². The number of H-pyrrole nitrogens is 1. The molecule has 4 heteroatoms. The highest BCUT2D eigenvalue weighted by Gasteiger charge is 2.08. The molecule has 0 saturated heterocycles. The van der Waals surface area contributed by atoms with Gasteiger partial charge in [-0.15, -0.1) is 0 Å². The van der Waals surface area contributed by atoms with Crippen LogP contribution in [0, 0.1) is 0 Å². The number of benzene rings is 2. The maximum atomic E-state index is 5.91. The molecule has 0 aliphatic heterocycles. The molecule has 0 fully saturated rings. The Hall–Kier alpha value is -3.27. The van der Waals surface area contributed by atoms with Crippen molar-refractivity contribution < 1.29 is 4.74 Å². The number of aryl methyl sites for hydroxylation is 2. The lowest BCUT2D eigenvalue weighted by Crippen LogP contribution is -2.00. The van der Waals surface area contributed by atoms with Gasteiger partial charge in [0.15, 0.2) is 0 Å². The monoisotopic (exact) mass is 371 g/mol. The Morgan fingerprint density at radius 1 is 0.929 bits per heavy atom. The van der Waals surface area contributed by atoms with Crippen molar-refractivity contribution in [3.05, 3.63) is 84.3 Å². The first kappa shape index (κ1) is 18.1. The van der Waals surface area contributed by atoms with Crippen molar-refractivity contribution >= 4 is 22.3 Å². The molecule has 0 bridgehead atoms. The minimum atomic E-state index is 0.661. The number of ether oxygens (including phenoxy) is 1. The zero-order valence-electron chi connectivity index (χ0n) is 16.1. The number of anilines is 2. The van der Waals surface area contributed by atoms with E-state index in [0.717, 1.165) is 36.4 Å². The summed E-state index contributed by atoms with van der Waals surface area (Å²) >= 11 is 0. The number of hydrogen-bond acceptors (Lipinski definition) is 3. The van der Waals surface area contributed by atoms with Crippen LogP contribution < -0.4 is 10.1 Å². The quantitative estimate of drug-likeness (QED) is 0.406. The number of nitrogens with zero attached hydrogens (tertiary/aromatic N) is 1. The summed E-state index contributed by atoms with van der Waals surface area (Å²) < 4.78 is 5.91. The fourth-order valence-electron chi connectivity index (χ4n) is 3.54. The summed E-state index contributed by atoms with van der Waals surface area (Å²) in [7, 11) is 0. The molecule has 2 N–H and O–H groups in total.